The summed E-state index contributed by atoms with van der Waals surface area (Å²) in [4.78, 5) is 21.6. The monoisotopic (exact) mass is 360 g/mol. The second kappa shape index (κ2) is 14.5. The normalized spacial score (nSPS) is 11.0. The van der Waals surface area contributed by atoms with Gasteiger partial charge in [-0.25, -0.2) is 4.57 Å². The van der Waals surface area contributed by atoms with Gasteiger partial charge in [-0.15, -0.1) is 0 Å². The van der Waals surface area contributed by atoms with Crippen molar-refractivity contribution in [1.82, 2.24) is 0 Å². The maximum absolute atomic E-state index is 9.65. The number of phenolic OH excluding ortho intramolecular Hbond substituents is 1. The highest BCUT2D eigenvalue weighted by Crippen LogP contribution is 2.25. The average molecular weight is 360 g/mol. The van der Waals surface area contributed by atoms with E-state index in [1.54, 1.807) is 6.07 Å². The van der Waals surface area contributed by atoms with Crippen molar-refractivity contribution >= 4 is 7.82 Å². The second-order valence-electron chi connectivity index (χ2n) is 6.07. The number of benzene rings is 1. The van der Waals surface area contributed by atoms with Gasteiger partial charge >= 0.3 is 7.82 Å². The van der Waals surface area contributed by atoms with Crippen molar-refractivity contribution in [3.8, 4) is 5.75 Å². The average Bonchev–Trinajstić information content (AvgIpc) is 2.49. The van der Waals surface area contributed by atoms with Gasteiger partial charge in [-0.1, -0.05) is 82.9 Å². The molecule has 1 aromatic carbocycles. The van der Waals surface area contributed by atoms with Crippen LogP contribution in [0.1, 0.15) is 76.7 Å². The van der Waals surface area contributed by atoms with Crippen molar-refractivity contribution in [2.45, 2.75) is 77.6 Å². The summed E-state index contributed by atoms with van der Waals surface area (Å²) >= 11 is 0. The molecule has 140 valence electrons. The number of para-hydroxylation sites is 1. The molecule has 0 unspecified atom stereocenters. The van der Waals surface area contributed by atoms with Gasteiger partial charge in [-0.2, -0.15) is 0 Å². The molecule has 0 saturated carbocycles. The first-order chi connectivity index (χ1) is 11.3. The van der Waals surface area contributed by atoms with Gasteiger partial charge in [0.1, 0.15) is 5.75 Å². The number of rotatable bonds is 11. The van der Waals surface area contributed by atoms with E-state index in [1.807, 2.05) is 18.2 Å². The molecule has 4 N–H and O–H groups in total. The highest BCUT2D eigenvalue weighted by Gasteiger charge is 2.00. The number of hydrogen-bond donors (Lipinski definition) is 4. The Hall–Kier alpha value is -0.870. The molecular formula is C18H33O5P. The summed E-state index contributed by atoms with van der Waals surface area (Å²) < 4.78 is 8.88. The summed E-state index contributed by atoms with van der Waals surface area (Å²) in [5.74, 6) is 0.457. The van der Waals surface area contributed by atoms with Gasteiger partial charge in [0.25, 0.3) is 0 Å². The minimum Gasteiger partial charge on any atom is -0.508 e. The van der Waals surface area contributed by atoms with E-state index in [1.165, 1.54) is 64.2 Å². The quantitative estimate of drug-likeness (QED) is 0.331. The Bertz CT molecular complexity index is 450. The molecule has 1 aromatic rings. The van der Waals surface area contributed by atoms with Crippen LogP contribution in [-0.2, 0) is 11.0 Å². The fourth-order valence-electron chi connectivity index (χ4n) is 2.53. The number of aryl methyl sites for hydroxylation is 1. The van der Waals surface area contributed by atoms with Gasteiger partial charge in [0, 0.05) is 0 Å². The van der Waals surface area contributed by atoms with Crippen LogP contribution in [0.5, 0.6) is 5.75 Å². The third-order valence-electron chi connectivity index (χ3n) is 3.79. The predicted molar refractivity (Wildman–Crippen MR) is 97.9 cm³/mol. The minimum absolute atomic E-state index is 0.457. The molecule has 0 spiro atoms. The van der Waals surface area contributed by atoms with Crippen molar-refractivity contribution in [3.05, 3.63) is 29.8 Å². The molecule has 0 amide bonds. The second-order valence-corrected chi connectivity index (χ2v) is 7.10. The first kappa shape index (κ1) is 23.1. The molecule has 5 nitrogen and oxygen atoms in total. The molecule has 24 heavy (non-hydrogen) atoms. The van der Waals surface area contributed by atoms with Crippen molar-refractivity contribution < 1.29 is 24.4 Å². The van der Waals surface area contributed by atoms with Crippen molar-refractivity contribution in [1.29, 1.82) is 0 Å². The van der Waals surface area contributed by atoms with E-state index in [4.69, 9.17) is 19.2 Å². The molecule has 6 heteroatoms. The summed E-state index contributed by atoms with van der Waals surface area (Å²) in [7, 11) is -4.64. The van der Waals surface area contributed by atoms with Crippen molar-refractivity contribution in [2.24, 2.45) is 0 Å². The SMILES string of the molecule is CCCCCCCCCCCCc1ccccc1O.O=P(O)(O)O. The highest BCUT2D eigenvalue weighted by molar-refractivity contribution is 7.45. The van der Waals surface area contributed by atoms with Gasteiger partial charge in [0.15, 0.2) is 0 Å². The lowest BCUT2D eigenvalue weighted by atomic mass is 10.0. The summed E-state index contributed by atoms with van der Waals surface area (Å²) in [6, 6.07) is 7.71. The van der Waals surface area contributed by atoms with E-state index in [0.717, 1.165) is 12.0 Å². The Balaban J connectivity index is 0.000000922. The third-order valence-corrected chi connectivity index (χ3v) is 3.79. The molecule has 0 aliphatic carbocycles. The van der Waals surface area contributed by atoms with E-state index in [0.29, 0.717) is 5.75 Å². The summed E-state index contributed by atoms with van der Waals surface area (Å²) in [6.45, 7) is 2.27. The van der Waals surface area contributed by atoms with Crippen LogP contribution < -0.4 is 0 Å². The van der Waals surface area contributed by atoms with Crippen molar-refractivity contribution in [3.63, 3.8) is 0 Å². The third kappa shape index (κ3) is 17.5. The van der Waals surface area contributed by atoms with Gasteiger partial charge in [-0.3, -0.25) is 0 Å². The van der Waals surface area contributed by atoms with Crippen LogP contribution in [0.3, 0.4) is 0 Å². The predicted octanol–water partition coefficient (Wildman–Crippen LogP) is 4.93. The lowest BCUT2D eigenvalue weighted by Crippen LogP contribution is -1.87. The minimum atomic E-state index is -4.64. The molecule has 0 atom stereocenters. The lowest BCUT2D eigenvalue weighted by molar-refractivity contribution is 0.275. The van der Waals surface area contributed by atoms with Crippen LogP contribution in [0.2, 0.25) is 0 Å². The molecule has 0 radical (unpaired) electrons. The molecule has 0 aliphatic heterocycles. The zero-order valence-electron chi connectivity index (χ0n) is 14.7. The van der Waals surface area contributed by atoms with E-state index in [2.05, 4.69) is 6.92 Å². The zero-order valence-corrected chi connectivity index (χ0v) is 15.6. The fraction of sp³-hybridized carbons (Fsp3) is 0.667. The Morgan fingerprint density at radius 3 is 1.67 bits per heavy atom. The number of unbranched alkanes of at least 4 members (excludes halogenated alkanes) is 9. The van der Waals surface area contributed by atoms with E-state index < -0.39 is 7.82 Å². The summed E-state index contributed by atoms with van der Waals surface area (Å²) in [5.41, 5.74) is 1.10. The Morgan fingerprint density at radius 2 is 1.21 bits per heavy atom. The van der Waals surface area contributed by atoms with Crippen LogP contribution in [0.15, 0.2) is 24.3 Å². The topological polar surface area (TPSA) is 98.0 Å². The van der Waals surface area contributed by atoms with Crippen LogP contribution in [0.25, 0.3) is 0 Å². The number of aromatic hydroxyl groups is 1. The summed E-state index contributed by atoms with van der Waals surface area (Å²) in [6.07, 6.45) is 14.6. The van der Waals surface area contributed by atoms with Gasteiger partial charge in [0.2, 0.25) is 0 Å². The van der Waals surface area contributed by atoms with Crippen LogP contribution >= 0.6 is 7.82 Å². The highest BCUT2D eigenvalue weighted by atomic mass is 31.2. The maximum atomic E-state index is 9.65. The molecule has 0 saturated heterocycles. The Kier molecular flexibility index (Phi) is 13.9. The van der Waals surface area contributed by atoms with E-state index in [9.17, 15) is 5.11 Å². The molecule has 0 aliphatic rings. The van der Waals surface area contributed by atoms with Gasteiger partial charge < -0.3 is 19.8 Å². The van der Waals surface area contributed by atoms with Gasteiger partial charge in [-0.05, 0) is 24.5 Å². The Morgan fingerprint density at radius 1 is 0.792 bits per heavy atom. The Labute approximate surface area is 146 Å². The first-order valence-electron chi connectivity index (χ1n) is 8.89. The molecular weight excluding hydrogens is 327 g/mol. The smallest absolute Gasteiger partial charge is 0.466 e. The molecule has 0 heterocycles. The van der Waals surface area contributed by atoms with E-state index >= 15 is 0 Å². The standard InChI is InChI=1S/C18H30O.H3O4P/c1-2-3-4-5-6-7-8-9-10-11-14-17-15-12-13-16-18(17)19;1-5(2,3)4/h12-13,15-16,19H,2-11,14H2,1H3;(H3,1,2,3,4). The summed E-state index contributed by atoms with van der Waals surface area (Å²) in [5, 5.41) is 9.65. The van der Waals surface area contributed by atoms with Crippen molar-refractivity contribution in [2.75, 3.05) is 0 Å². The molecule has 0 aromatic heterocycles. The van der Waals surface area contributed by atoms with Crippen LogP contribution in [0, 0.1) is 0 Å². The van der Waals surface area contributed by atoms with E-state index in [-0.39, 0.29) is 0 Å². The largest absolute Gasteiger partial charge is 0.508 e. The number of phenols is 1. The van der Waals surface area contributed by atoms with Crippen LogP contribution in [-0.4, -0.2) is 19.8 Å². The molecule has 0 bridgehead atoms. The number of phosphoric acid groups is 1. The fourth-order valence-corrected chi connectivity index (χ4v) is 2.53. The molecule has 0 fully saturated rings. The lowest BCUT2D eigenvalue weighted by Gasteiger charge is -2.04. The maximum Gasteiger partial charge on any atom is 0.466 e. The van der Waals surface area contributed by atoms with Crippen LogP contribution in [0.4, 0.5) is 0 Å². The van der Waals surface area contributed by atoms with Gasteiger partial charge in [0.05, 0.1) is 0 Å². The first-order valence-corrected chi connectivity index (χ1v) is 10.5. The molecule has 1 rings (SSSR count). The number of hydrogen-bond acceptors (Lipinski definition) is 2. The zero-order chi connectivity index (χ0) is 18.3.